The first-order chi connectivity index (χ1) is 14.5. The van der Waals surface area contributed by atoms with Gasteiger partial charge in [0, 0.05) is 29.9 Å². The molecule has 0 bridgehead atoms. The molecular weight excluding hydrogens is 402 g/mol. The van der Waals surface area contributed by atoms with Crippen LogP contribution < -0.4 is 5.32 Å². The highest BCUT2D eigenvalue weighted by Gasteiger charge is 2.13. The molecule has 31 heavy (non-hydrogen) atoms. The average molecular weight is 436 g/mol. The van der Waals surface area contributed by atoms with Crippen LogP contribution in [-0.2, 0) is 6.42 Å². The van der Waals surface area contributed by atoms with Crippen LogP contribution in [0.25, 0.3) is 0 Å². The number of nitrogens with zero attached hydrogens (tertiary/aromatic N) is 2. The number of aliphatic imine (C=N–C) groups is 1. The van der Waals surface area contributed by atoms with Gasteiger partial charge in [-0.2, -0.15) is 0 Å². The summed E-state index contributed by atoms with van der Waals surface area (Å²) in [6.45, 7) is 10.1. The van der Waals surface area contributed by atoms with Gasteiger partial charge in [-0.25, -0.2) is 4.99 Å². The molecule has 1 N–H and O–H groups in total. The molecule has 0 spiro atoms. The second-order valence-electron chi connectivity index (χ2n) is 8.16. The number of nitrogens with one attached hydrogen (secondary N) is 1. The summed E-state index contributed by atoms with van der Waals surface area (Å²) in [6.07, 6.45) is 1.05. The molecule has 3 nitrogen and oxygen atoms in total. The summed E-state index contributed by atoms with van der Waals surface area (Å²) in [4.78, 5) is 7.41. The molecule has 0 fully saturated rings. The Bertz CT molecular complexity index is 912. The zero-order chi connectivity index (χ0) is 21.3. The molecule has 0 saturated carbocycles. The van der Waals surface area contributed by atoms with Gasteiger partial charge in [-0.1, -0.05) is 60.7 Å². The Kier molecular flexibility index (Phi) is 9.77. The first-order valence-electron chi connectivity index (χ1n) is 10.8. The van der Waals surface area contributed by atoms with Crippen LogP contribution >= 0.6 is 12.4 Å². The molecular formula is C27H34ClN3. The van der Waals surface area contributed by atoms with Gasteiger partial charge in [0.25, 0.3) is 0 Å². The molecule has 0 aliphatic carbocycles. The smallest absolute Gasteiger partial charge is 0.138 e. The third-order valence-electron chi connectivity index (χ3n) is 5.25. The number of halogens is 1. The van der Waals surface area contributed by atoms with E-state index in [0.29, 0.717) is 12.1 Å². The van der Waals surface area contributed by atoms with E-state index in [9.17, 15) is 0 Å². The lowest BCUT2D eigenvalue weighted by molar-refractivity contribution is 0.177. The van der Waals surface area contributed by atoms with Crippen molar-refractivity contribution in [3.05, 3.63) is 96.1 Å². The van der Waals surface area contributed by atoms with Crippen molar-refractivity contribution in [1.82, 2.24) is 4.90 Å². The second kappa shape index (κ2) is 12.3. The summed E-state index contributed by atoms with van der Waals surface area (Å²) >= 11 is 0. The SMILES string of the molecule is CC(C)N(CCc1ccc(C(=Nc2ccccc2)Nc2ccccc2)cc1)C(C)C.Cl. The average Bonchev–Trinajstić information content (AvgIpc) is 2.75. The van der Waals surface area contributed by atoms with Gasteiger partial charge in [0.2, 0.25) is 0 Å². The number of anilines is 1. The van der Waals surface area contributed by atoms with E-state index in [1.54, 1.807) is 0 Å². The number of hydrogen-bond acceptors (Lipinski definition) is 2. The Morgan fingerprint density at radius 3 is 1.87 bits per heavy atom. The van der Waals surface area contributed by atoms with Gasteiger partial charge in [0.1, 0.15) is 5.84 Å². The second-order valence-corrected chi connectivity index (χ2v) is 8.16. The van der Waals surface area contributed by atoms with Gasteiger partial charge in [-0.05, 0) is 63.9 Å². The van der Waals surface area contributed by atoms with Gasteiger partial charge in [0.15, 0.2) is 0 Å². The highest BCUT2D eigenvalue weighted by atomic mass is 35.5. The molecule has 0 aromatic heterocycles. The summed E-state index contributed by atoms with van der Waals surface area (Å²) in [6, 6.07) is 30.2. The van der Waals surface area contributed by atoms with E-state index in [4.69, 9.17) is 4.99 Å². The monoisotopic (exact) mass is 435 g/mol. The van der Waals surface area contributed by atoms with E-state index in [1.165, 1.54) is 5.56 Å². The van der Waals surface area contributed by atoms with E-state index in [0.717, 1.165) is 35.7 Å². The zero-order valence-electron chi connectivity index (χ0n) is 19.0. The van der Waals surface area contributed by atoms with Crippen LogP contribution in [0.2, 0.25) is 0 Å². The third-order valence-corrected chi connectivity index (χ3v) is 5.25. The van der Waals surface area contributed by atoms with Crippen LogP contribution in [0.4, 0.5) is 11.4 Å². The summed E-state index contributed by atoms with van der Waals surface area (Å²) in [5.41, 5.74) is 4.39. The standard InChI is InChI=1S/C27H33N3.ClH/c1-21(2)30(22(3)4)20-19-23-15-17-24(18-16-23)27(28-25-11-7-5-8-12-25)29-26-13-9-6-10-14-26;/h5-18,21-22H,19-20H2,1-4H3,(H,28,29);1H. The first kappa shape index (κ1) is 24.6. The molecule has 3 rings (SSSR count). The van der Waals surface area contributed by atoms with E-state index >= 15 is 0 Å². The van der Waals surface area contributed by atoms with Crippen molar-refractivity contribution >= 4 is 29.6 Å². The van der Waals surface area contributed by atoms with Crippen LogP contribution in [0.15, 0.2) is 89.9 Å². The quantitative estimate of drug-likeness (QED) is 0.306. The van der Waals surface area contributed by atoms with Crippen molar-refractivity contribution < 1.29 is 0 Å². The summed E-state index contributed by atoms with van der Waals surface area (Å²) < 4.78 is 0. The maximum Gasteiger partial charge on any atom is 0.138 e. The minimum absolute atomic E-state index is 0. The summed E-state index contributed by atoms with van der Waals surface area (Å²) in [5.74, 6) is 0.852. The largest absolute Gasteiger partial charge is 0.340 e. The molecule has 164 valence electrons. The van der Waals surface area contributed by atoms with Crippen molar-refractivity contribution in [3.8, 4) is 0 Å². The highest BCUT2D eigenvalue weighted by Crippen LogP contribution is 2.17. The maximum absolute atomic E-state index is 4.87. The fourth-order valence-electron chi connectivity index (χ4n) is 3.65. The van der Waals surface area contributed by atoms with Crippen LogP contribution in [-0.4, -0.2) is 29.4 Å². The third kappa shape index (κ3) is 7.54. The number of benzene rings is 3. The van der Waals surface area contributed by atoms with Gasteiger partial charge in [-0.3, -0.25) is 4.90 Å². The van der Waals surface area contributed by atoms with Crippen molar-refractivity contribution in [2.24, 2.45) is 4.99 Å². The minimum atomic E-state index is 0. The molecule has 0 saturated heterocycles. The molecule has 3 aromatic rings. The molecule has 0 radical (unpaired) electrons. The lowest BCUT2D eigenvalue weighted by Gasteiger charge is -2.30. The first-order valence-corrected chi connectivity index (χ1v) is 10.8. The summed E-state index contributed by atoms with van der Waals surface area (Å²) in [5, 5.41) is 3.49. The maximum atomic E-state index is 4.87. The van der Waals surface area contributed by atoms with E-state index in [2.05, 4.69) is 74.3 Å². The Morgan fingerprint density at radius 1 is 0.774 bits per heavy atom. The molecule has 0 aliphatic heterocycles. The number of rotatable bonds is 8. The molecule has 0 amide bonds. The van der Waals surface area contributed by atoms with Gasteiger partial charge >= 0.3 is 0 Å². The number of para-hydroxylation sites is 2. The van der Waals surface area contributed by atoms with Crippen LogP contribution in [0.5, 0.6) is 0 Å². The Morgan fingerprint density at radius 2 is 1.32 bits per heavy atom. The molecule has 0 unspecified atom stereocenters. The van der Waals surface area contributed by atoms with Gasteiger partial charge in [-0.15, -0.1) is 12.4 Å². The van der Waals surface area contributed by atoms with E-state index < -0.39 is 0 Å². The Hall–Kier alpha value is -2.62. The van der Waals surface area contributed by atoms with Gasteiger partial charge in [0.05, 0.1) is 5.69 Å². The van der Waals surface area contributed by atoms with Crippen LogP contribution in [0, 0.1) is 0 Å². The lowest BCUT2D eigenvalue weighted by Crippen LogP contribution is -2.38. The van der Waals surface area contributed by atoms with E-state index in [1.807, 2.05) is 48.5 Å². The normalized spacial score (nSPS) is 11.6. The fraction of sp³-hybridized carbons (Fsp3) is 0.296. The van der Waals surface area contributed by atoms with E-state index in [-0.39, 0.29) is 12.4 Å². The molecule has 0 atom stereocenters. The van der Waals surface area contributed by atoms with Crippen molar-refractivity contribution in [1.29, 1.82) is 0 Å². The molecule has 0 aliphatic rings. The predicted octanol–water partition coefficient (Wildman–Crippen LogP) is 6.96. The van der Waals surface area contributed by atoms with Gasteiger partial charge < -0.3 is 5.32 Å². The Labute approximate surface area is 193 Å². The number of amidine groups is 1. The molecule has 4 heteroatoms. The fourth-order valence-corrected chi connectivity index (χ4v) is 3.65. The lowest BCUT2D eigenvalue weighted by atomic mass is 10.1. The molecule has 3 aromatic carbocycles. The van der Waals surface area contributed by atoms with Crippen molar-refractivity contribution in [2.75, 3.05) is 11.9 Å². The topological polar surface area (TPSA) is 27.6 Å². The highest BCUT2D eigenvalue weighted by molar-refractivity contribution is 6.09. The predicted molar refractivity (Wildman–Crippen MR) is 137 cm³/mol. The zero-order valence-corrected chi connectivity index (χ0v) is 19.8. The van der Waals surface area contributed by atoms with Crippen molar-refractivity contribution in [3.63, 3.8) is 0 Å². The van der Waals surface area contributed by atoms with Crippen molar-refractivity contribution in [2.45, 2.75) is 46.2 Å². The Balaban J connectivity index is 0.00000341. The van der Waals surface area contributed by atoms with Crippen LogP contribution in [0.3, 0.4) is 0 Å². The molecule has 0 heterocycles. The number of hydrogen-bond donors (Lipinski definition) is 1. The minimum Gasteiger partial charge on any atom is -0.340 e. The summed E-state index contributed by atoms with van der Waals surface area (Å²) in [7, 11) is 0. The van der Waals surface area contributed by atoms with Crippen LogP contribution in [0.1, 0.15) is 38.8 Å².